The second kappa shape index (κ2) is 7.57. The van der Waals surface area contributed by atoms with E-state index in [4.69, 9.17) is 16.3 Å². The van der Waals surface area contributed by atoms with Gasteiger partial charge in [0.1, 0.15) is 4.90 Å². The van der Waals surface area contributed by atoms with Crippen molar-refractivity contribution in [2.24, 2.45) is 0 Å². The first-order chi connectivity index (χ1) is 13.0. The van der Waals surface area contributed by atoms with Crippen LogP contribution in [0.4, 0.5) is 11.4 Å². The lowest BCUT2D eigenvalue weighted by Crippen LogP contribution is -2.37. The van der Waals surface area contributed by atoms with Gasteiger partial charge in [-0.25, -0.2) is 8.42 Å². The molecule has 28 heavy (non-hydrogen) atoms. The van der Waals surface area contributed by atoms with Crippen LogP contribution in [0.3, 0.4) is 0 Å². The molecular formula is C19H27ClN4O3S. The maximum absolute atomic E-state index is 13.3. The summed E-state index contributed by atoms with van der Waals surface area (Å²) in [7, 11) is -3.84. The number of halogens is 1. The van der Waals surface area contributed by atoms with Crippen LogP contribution in [-0.2, 0) is 20.3 Å². The number of rotatable bonds is 4. The fourth-order valence-electron chi connectivity index (χ4n) is 3.57. The van der Waals surface area contributed by atoms with Crippen LogP contribution in [0.2, 0.25) is 5.02 Å². The van der Waals surface area contributed by atoms with Crippen LogP contribution in [0.25, 0.3) is 0 Å². The normalized spacial score (nSPS) is 15.7. The summed E-state index contributed by atoms with van der Waals surface area (Å²) in [4.78, 5) is 2.25. The molecule has 1 aromatic heterocycles. The van der Waals surface area contributed by atoms with E-state index in [2.05, 4.69) is 9.82 Å². The number of morpholine rings is 1. The highest BCUT2D eigenvalue weighted by molar-refractivity contribution is 7.92. The smallest absolute Gasteiger partial charge is 0.265 e. The van der Waals surface area contributed by atoms with Crippen molar-refractivity contribution in [2.45, 2.75) is 45.1 Å². The van der Waals surface area contributed by atoms with E-state index in [1.807, 2.05) is 25.7 Å². The fourth-order valence-corrected chi connectivity index (χ4v) is 5.33. The van der Waals surface area contributed by atoms with Crippen molar-refractivity contribution in [3.8, 4) is 0 Å². The number of sulfonamides is 1. The Balaban J connectivity index is 2.03. The summed E-state index contributed by atoms with van der Waals surface area (Å²) in [6, 6.07) is 5.23. The van der Waals surface area contributed by atoms with Crippen LogP contribution in [-0.4, -0.2) is 44.5 Å². The zero-order valence-corrected chi connectivity index (χ0v) is 18.5. The van der Waals surface area contributed by atoms with Crippen molar-refractivity contribution in [3.05, 3.63) is 34.6 Å². The molecule has 7 nitrogen and oxygen atoms in total. The Bertz CT molecular complexity index is 974. The van der Waals surface area contributed by atoms with Crippen LogP contribution in [0.15, 0.2) is 23.1 Å². The lowest BCUT2D eigenvalue weighted by atomic mass is 10.1. The molecule has 0 aliphatic carbocycles. The molecule has 0 saturated carbocycles. The van der Waals surface area contributed by atoms with Gasteiger partial charge in [0, 0.05) is 13.1 Å². The highest BCUT2D eigenvalue weighted by Crippen LogP contribution is 2.36. The lowest BCUT2D eigenvalue weighted by Gasteiger charge is -2.31. The summed E-state index contributed by atoms with van der Waals surface area (Å²) < 4.78 is 36.4. The van der Waals surface area contributed by atoms with E-state index in [1.165, 1.54) is 0 Å². The third-order valence-electron chi connectivity index (χ3n) is 4.69. The van der Waals surface area contributed by atoms with Crippen molar-refractivity contribution >= 4 is 33.0 Å². The molecule has 0 bridgehead atoms. The summed E-state index contributed by atoms with van der Waals surface area (Å²) in [6.07, 6.45) is 0. The molecule has 1 aliphatic rings. The third-order valence-corrected chi connectivity index (χ3v) is 6.61. The van der Waals surface area contributed by atoms with E-state index in [0.717, 1.165) is 0 Å². The number of hydrogen-bond acceptors (Lipinski definition) is 5. The second-order valence-corrected chi connectivity index (χ2v) is 9.95. The predicted molar refractivity (Wildman–Crippen MR) is 112 cm³/mol. The number of nitrogens with one attached hydrogen (secondary N) is 1. The van der Waals surface area contributed by atoms with Crippen molar-refractivity contribution in [1.29, 1.82) is 0 Å². The molecule has 1 saturated heterocycles. The number of ether oxygens (including phenoxy) is 1. The molecule has 1 aliphatic heterocycles. The van der Waals surface area contributed by atoms with Gasteiger partial charge in [-0.1, -0.05) is 17.7 Å². The van der Waals surface area contributed by atoms with E-state index in [9.17, 15) is 8.42 Å². The van der Waals surface area contributed by atoms with Gasteiger partial charge in [0.05, 0.1) is 46.5 Å². The molecule has 1 fully saturated rings. The molecule has 154 valence electrons. The quantitative estimate of drug-likeness (QED) is 0.809. The molecule has 3 rings (SSSR count). The highest BCUT2D eigenvalue weighted by Gasteiger charge is 2.30. The average Bonchev–Trinajstić information content (AvgIpc) is 2.91. The molecule has 0 amide bonds. The van der Waals surface area contributed by atoms with E-state index < -0.39 is 10.0 Å². The maximum Gasteiger partial charge on any atom is 0.265 e. The van der Waals surface area contributed by atoms with Gasteiger partial charge in [0.25, 0.3) is 10.0 Å². The summed E-state index contributed by atoms with van der Waals surface area (Å²) >= 11 is 6.43. The molecular weight excluding hydrogens is 400 g/mol. The summed E-state index contributed by atoms with van der Waals surface area (Å²) in [6.45, 7) is 11.9. The summed E-state index contributed by atoms with van der Waals surface area (Å²) in [5, 5.41) is 4.96. The number of aryl methyl sites for hydroxylation is 1. The number of nitrogens with zero attached hydrogens (tertiary/aromatic N) is 3. The second-order valence-electron chi connectivity index (χ2n) is 7.92. The van der Waals surface area contributed by atoms with Gasteiger partial charge in [-0.05, 0) is 46.8 Å². The molecule has 0 atom stereocenters. The number of anilines is 2. The zero-order valence-electron chi connectivity index (χ0n) is 16.9. The van der Waals surface area contributed by atoms with Gasteiger partial charge in [-0.15, -0.1) is 0 Å². The highest BCUT2D eigenvalue weighted by atomic mass is 35.5. The number of aromatic nitrogens is 2. The SMILES string of the molecule is Cc1nn(C(C)(C)C)c(C)c1S(=O)(=O)Nc1cccc(Cl)c1N1CCOCC1. The van der Waals surface area contributed by atoms with Crippen molar-refractivity contribution < 1.29 is 13.2 Å². The van der Waals surface area contributed by atoms with Crippen molar-refractivity contribution in [1.82, 2.24) is 9.78 Å². The van der Waals surface area contributed by atoms with E-state index >= 15 is 0 Å². The first kappa shape index (κ1) is 21.0. The third kappa shape index (κ3) is 3.99. The number of hydrogen-bond donors (Lipinski definition) is 1. The van der Waals surface area contributed by atoms with E-state index in [0.29, 0.717) is 54.1 Å². The molecule has 0 radical (unpaired) electrons. The predicted octanol–water partition coefficient (Wildman–Crippen LogP) is 3.55. The van der Waals surface area contributed by atoms with Gasteiger partial charge in [0.2, 0.25) is 0 Å². The Morgan fingerprint density at radius 2 is 1.82 bits per heavy atom. The van der Waals surface area contributed by atoms with E-state index in [1.54, 1.807) is 36.7 Å². The molecule has 1 N–H and O–H groups in total. The minimum atomic E-state index is -3.84. The summed E-state index contributed by atoms with van der Waals surface area (Å²) in [5.74, 6) is 0. The molecule has 2 heterocycles. The first-order valence-electron chi connectivity index (χ1n) is 9.23. The van der Waals surface area contributed by atoms with Crippen LogP contribution >= 0.6 is 11.6 Å². The molecule has 1 aromatic carbocycles. The van der Waals surface area contributed by atoms with Gasteiger partial charge in [-0.2, -0.15) is 5.10 Å². The Kier molecular flexibility index (Phi) is 5.67. The van der Waals surface area contributed by atoms with Crippen molar-refractivity contribution in [3.63, 3.8) is 0 Å². The van der Waals surface area contributed by atoms with Gasteiger partial charge >= 0.3 is 0 Å². The molecule has 0 spiro atoms. The van der Waals surface area contributed by atoms with E-state index in [-0.39, 0.29) is 10.4 Å². The minimum Gasteiger partial charge on any atom is -0.378 e. The number of benzene rings is 1. The Labute approximate surface area is 171 Å². The average molecular weight is 427 g/mol. The largest absolute Gasteiger partial charge is 0.378 e. The van der Waals surface area contributed by atoms with Gasteiger partial charge < -0.3 is 9.64 Å². The van der Waals surface area contributed by atoms with Gasteiger partial charge in [0.15, 0.2) is 0 Å². The number of para-hydroxylation sites is 1. The fraction of sp³-hybridized carbons (Fsp3) is 0.526. The van der Waals surface area contributed by atoms with Gasteiger partial charge in [-0.3, -0.25) is 9.40 Å². The van der Waals surface area contributed by atoms with Crippen LogP contribution in [0, 0.1) is 13.8 Å². The molecule has 0 unspecified atom stereocenters. The first-order valence-corrected chi connectivity index (χ1v) is 11.1. The molecule has 2 aromatic rings. The Hall–Kier alpha value is -1.77. The standard InChI is InChI=1S/C19H27ClN4O3S/c1-13-18(14(2)24(21-13)19(3,4)5)28(25,26)22-16-8-6-7-15(20)17(16)23-9-11-27-12-10-23/h6-8,22H,9-12H2,1-5H3. The topological polar surface area (TPSA) is 76.5 Å². The van der Waals surface area contributed by atoms with Crippen LogP contribution in [0.5, 0.6) is 0 Å². The van der Waals surface area contributed by atoms with Crippen molar-refractivity contribution in [2.75, 3.05) is 35.9 Å². The monoisotopic (exact) mass is 426 g/mol. The van der Waals surface area contributed by atoms with Crippen LogP contribution in [0.1, 0.15) is 32.2 Å². The Morgan fingerprint density at radius 1 is 1.18 bits per heavy atom. The Morgan fingerprint density at radius 3 is 2.39 bits per heavy atom. The zero-order chi connectivity index (χ0) is 20.7. The lowest BCUT2D eigenvalue weighted by molar-refractivity contribution is 0.123. The molecule has 9 heteroatoms. The summed E-state index contributed by atoms with van der Waals surface area (Å²) in [5.41, 5.74) is 1.88. The maximum atomic E-state index is 13.3. The van der Waals surface area contributed by atoms with Crippen LogP contribution < -0.4 is 9.62 Å². The minimum absolute atomic E-state index is 0.204.